The van der Waals surface area contributed by atoms with Crippen molar-refractivity contribution in [2.75, 3.05) is 12.3 Å². The van der Waals surface area contributed by atoms with Gasteiger partial charge in [0.05, 0.1) is 5.69 Å². The van der Waals surface area contributed by atoms with Crippen molar-refractivity contribution >= 4 is 27.3 Å². The van der Waals surface area contributed by atoms with Crippen LogP contribution in [0.4, 0.5) is 5.69 Å². The second-order valence-electron chi connectivity index (χ2n) is 5.87. The van der Waals surface area contributed by atoms with Crippen molar-refractivity contribution in [2.45, 2.75) is 30.6 Å². The number of benzene rings is 1. The molecule has 2 aliphatic rings. The van der Waals surface area contributed by atoms with Crippen LogP contribution in [0.1, 0.15) is 25.7 Å². The molecular weight excluding hydrogens is 296 g/mol. The Bertz CT molecular complexity index is 598. The van der Waals surface area contributed by atoms with Crippen LogP contribution in [0, 0.1) is 17.8 Å². The molecule has 3 rings (SSSR count). The van der Waals surface area contributed by atoms with Gasteiger partial charge in [-0.05, 0) is 61.6 Å². The van der Waals surface area contributed by atoms with E-state index in [2.05, 4.69) is 4.72 Å². The maximum atomic E-state index is 12.3. The molecule has 110 valence electrons. The van der Waals surface area contributed by atoms with Crippen LogP contribution in [-0.2, 0) is 10.0 Å². The first-order valence-corrected chi connectivity index (χ1v) is 8.88. The number of hydrogen-bond donors (Lipinski definition) is 2. The highest BCUT2D eigenvalue weighted by Crippen LogP contribution is 2.48. The summed E-state index contributed by atoms with van der Waals surface area (Å²) in [6.07, 6.45) is 4.97. The van der Waals surface area contributed by atoms with Gasteiger partial charge in [0.15, 0.2) is 0 Å². The Morgan fingerprint density at radius 1 is 1.25 bits per heavy atom. The Morgan fingerprint density at radius 2 is 1.85 bits per heavy atom. The molecule has 0 atom stereocenters. The molecule has 6 heteroatoms. The van der Waals surface area contributed by atoms with Gasteiger partial charge in [-0.1, -0.05) is 11.6 Å². The summed E-state index contributed by atoms with van der Waals surface area (Å²) in [6.45, 7) is 0.528. The first kappa shape index (κ1) is 14.2. The van der Waals surface area contributed by atoms with E-state index >= 15 is 0 Å². The third kappa shape index (κ3) is 3.10. The number of halogens is 1. The Kier molecular flexibility index (Phi) is 3.69. The zero-order valence-electron chi connectivity index (χ0n) is 11.2. The minimum atomic E-state index is -3.55. The summed E-state index contributed by atoms with van der Waals surface area (Å²) in [5.41, 5.74) is 5.95. The van der Waals surface area contributed by atoms with Crippen molar-refractivity contribution in [1.82, 2.24) is 4.72 Å². The van der Waals surface area contributed by atoms with E-state index in [1.807, 2.05) is 0 Å². The number of nitrogens with two attached hydrogens (primary N) is 1. The standard InChI is InChI=1S/C14H19ClN2O2S/c15-11-5-6-14(13(16)7-11)20(18,19)17-8-12(9-1-2-9)10-3-4-10/h5-7,9-10,12,17H,1-4,8,16H2. The molecule has 0 aliphatic heterocycles. The van der Waals surface area contributed by atoms with Crippen molar-refractivity contribution in [3.05, 3.63) is 23.2 Å². The summed E-state index contributed by atoms with van der Waals surface area (Å²) in [5, 5.41) is 0.440. The normalized spacial score (nSPS) is 19.5. The van der Waals surface area contributed by atoms with Gasteiger partial charge in [-0.3, -0.25) is 0 Å². The van der Waals surface area contributed by atoms with Gasteiger partial charge in [0, 0.05) is 11.6 Å². The van der Waals surface area contributed by atoms with Crippen molar-refractivity contribution in [3.8, 4) is 0 Å². The minimum Gasteiger partial charge on any atom is -0.398 e. The van der Waals surface area contributed by atoms with Crippen LogP contribution in [0.25, 0.3) is 0 Å². The van der Waals surface area contributed by atoms with E-state index in [4.69, 9.17) is 17.3 Å². The fourth-order valence-electron chi connectivity index (χ4n) is 2.81. The van der Waals surface area contributed by atoms with E-state index in [-0.39, 0.29) is 10.6 Å². The predicted molar refractivity (Wildman–Crippen MR) is 80.0 cm³/mol. The molecular formula is C14H19ClN2O2S. The highest BCUT2D eigenvalue weighted by molar-refractivity contribution is 7.89. The molecule has 3 N–H and O–H groups in total. The van der Waals surface area contributed by atoms with Gasteiger partial charge in [0.2, 0.25) is 10.0 Å². The molecule has 1 aromatic rings. The molecule has 0 spiro atoms. The maximum absolute atomic E-state index is 12.3. The zero-order chi connectivity index (χ0) is 14.3. The Labute approximate surface area is 124 Å². The topological polar surface area (TPSA) is 72.2 Å². The first-order chi connectivity index (χ1) is 9.47. The molecule has 0 saturated heterocycles. The number of nitrogen functional groups attached to an aromatic ring is 1. The smallest absolute Gasteiger partial charge is 0.242 e. The van der Waals surface area contributed by atoms with Crippen molar-refractivity contribution < 1.29 is 8.42 Å². The first-order valence-electron chi connectivity index (χ1n) is 7.02. The van der Waals surface area contributed by atoms with Gasteiger partial charge in [0.25, 0.3) is 0 Å². The Hall–Kier alpha value is -0.780. The number of sulfonamides is 1. The van der Waals surface area contributed by atoms with Crippen molar-refractivity contribution in [2.24, 2.45) is 17.8 Å². The third-order valence-electron chi connectivity index (χ3n) is 4.23. The fraction of sp³-hybridized carbons (Fsp3) is 0.571. The molecule has 4 nitrogen and oxygen atoms in total. The Balaban J connectivity index is 1.71. The number of anilines is 1. The molecule has 0 unspecified atom stereocenters. The quantitative estimate of drug-likeness (QED) is 0.793. The highest BCUT2D eigenvalue weighted by atomic mass is 35.5. The van der Waals surface area contributed by atoms with E-state index < -0.39 is 10.0 Å². The van der Waals surface area contributed by atoms with Crippen molar-refractivity contribution in [3.63, 3.8) is 0 Å². The predicted octanol–water partition coefficient (Wildman–Crippen LogP) is 2.64. The number of nitrogens with one attached hydrogen (secondary N) is 1. The average Bonchev–Trinajstić information content (AvgIpc) is 3.23. The summed E-state index contributed by atoms with van der Waals surface area (Å²) in [7, 11) is -3.55. The van der Waals surface area contributed by atoms with Gasteiger partial charge in [-0.15, -0.1) is 0 Å². The van der Waals surface area contributed by atoms with Crippen LogP contribution < -0.4 is 10.5 Å². The molecule has 0 radical (unpaired) electrons. The van der Waals surface area contributed by atoms with Gasteiger partial charge in [-0.2, -0.15) is 0 Å². The Morgan fingerprint density at radius 3 is 2.35 bits per heavy atom. The van der Waals surface area contributed by atoms with Crippen LogP contribution in [0.15, 0.2) is 23.1 Å². The lowest BCUT2D eigenvalue weighted by atomic mass is 9.99. The van der Waals surface area contributed by atoms with Gasteiger partial charge >= 0.3 is 0 Å². The fourth-order valence-corrected chi connectivity index (χ4v) is 4.18. The molecule has 2 aliphatic carbocycles. The van der Waals surface area contributed by atoms with E-state index in [0.717, 1.165) is 0 Å². The summed E-state index contributed by atoms with van der Waals surface area (Å²) >= 11 is 5.80. The molecule has 1 aromatic carbocycles. The second kappa shape index (κ2) is 5.20. The molecule has 2 fully saturated rings. The lowest BCUT2D eigenvalue weighted by Gasteiger charge is -2.17. The molecule has 0 bridgehead atoms. The SMILES string of the molecule is Nc1cc(Cl)ccc1S(=O)(=O)NCC(C1CC1)C1CC1. The molecule has 20 heavy (non-hydrogen) atoms. The van der Waals surface area contributed by atoms with Gasteiger partial charge < -0.3 is 5.73 Å². The highest BCUT2D eigenvalue weighted by Gasteiger charge is 2.41. The molecule has 0 heterocycles. The summed E-state index contributed by atoms with van der Waals surface area (Å²) in [4.78, 5) is 0.118. The molecule has 0 aromatic heterocycles. The summed E-state index contributed by atoms with van der Waals surface area (Å²) in [6, 6.07) is 4.48. The zero-order valence-corrected chi connectivity index (χ0v) is 12.8. The molecule has 2 saturated carbocycles. The lowest BCUT2D eigenvalue weighted by Crippen LogP contribution is -2.31. The lowest BCUT2D eigenvalue weighted by molar-refractivity contribution is 0.401. The van der Waals surface area contributed by atoms with Crippen LogP contribution in [0.5, 0.6) is 0 Å². The maximum Gasteiger partial charge on any atom is 0.242 e. The minimum absolute atomic E-state index is 0.118. The number of hydrogen-bond acceptors (Lipinski definition) is 3. The van der Waals surface area contributed by atoms with Crippen molar-refractivity contribution in [1.29, 1.82) is 0 Å². The van der Waals surface area contributed by atoms with Crippen LogP contribution in [0.3, 0.4) is 0 Å². The van der Waals surface area contributed by atoms with Gasteiger partial charge in [0.1, 0.15) is 4.90 Å². The van der Waals surface area contributed by atoms with Crippen LogP contribution in [-0.4, -0.2) is 15.0 Å². The third-order valence-corrected chi connectivity index (χ3v) is 5.96. The van der Waals surface area contributed by atoms with Gasteiger partial charge in [-0.25, -0.2) is 13.1 Å². The molecule has 0 amide bonds. The monoisotopic (exact) mass is 314 g/mol. The average molecular weight is 315 g/mol. The van der Waals surface area contributed by atoms with Crippen LogP contribution >= 0.6 is 11.6 Å². The number of rotatable bonds is 6. The van der Waals surface area contributed by atoms with Crippen LogP contribution in [0.2, 0.25) is 5.02 Å². The van der Waals surface area contributed by atoms with E-state index in [9.17, 15) is 8.42 Å². The van der Waals surface area contributed by atoms with E-state index in [1.54, 1.807) is 6.07 Å². The summed E-state index contributed by atoms with van der Waals surface area (Å²) < 4.78 is 27.4. The largest absolute Gasteiger partial charge is 0.398 e. The summed E-state index contributed by atoms with van der Waals surface area (Å²) in [5.74, 6) is 1.93. The van der Waals surface area contributed by atoms with E-state index in [0.29, 0.717) is 29.3 Å². The van der Waals surface area contributed by atoms with E-state index in [1.165, 1.54) is 37.8 Å². The second-order valence-corrected chi connectivity index (χ2v) is 8.04.